The number of aryl methyl sites for hydroxylation is 1. The number of halogens is 1. The van der Waals surface area contributed by atoms with Gasteiger partial charge in [-0.3, -0.25) is 19.4 Å². The van der Waals surface area contributed by atoms with Gasteiger partial charge in [-0.05, 0) is 67.0 Å². The van der Waals surface area contributed by atoms with Crippen molar-refractivity contribution in [3.8, 4) is 0 Å². The quantitative estimate of drug-likeness (QED) is 0.0872. The smallest absolute Gasteiger partial charge is 0.307 e. The highest BCUT2D eigenvalue weighted by atomic mass is 32.1. The van der Waals surface area contributed by atoms with Crippen LogP contribution >= 0.6 is 11.3 Å². The van der Waals surface area contributed by atoms with E-state index in [-0.39, 0.29) is 17.7 Å². The number of benzene rings is 2. The Balaban J connectivity index is 1.02. The number of amides is 1. The van der Waals surface area contributed by atoms with Gasteiger partial charge >= 0.3 is 5.97 Å². The Morgan fingerprint density at radius 2 is 1.51 bits per heavy atom. The summed E-state index contributed by atoms with van der Waals surface area (Å²) in [5, 5.41) is 3.16. The van der Waals surface area contributed by atoms with Gasteiger partial charge in [0.2, 0.25) is 5.91 Å². The predicted molar refractivity (Wildman–Crippen MR) is 202 cm³/mol. The zero-order valence-corrected chi connectivity index (χ0v) is 30.8. The summed E-state index contributed by atoms with van der Waals surface area (Å²) in [7, 11) is 0. The minimum Gasteiger partial charge on any atom is -0.441 e. The maximum absolute atomic E-state index is 14.3. The van der Waals surface area contributed by atoms with Crippen molar-refractivity contribution in [2.24, 2.45) is 0 Å². The molecule has 1 fully saturated rings. The van der Waals surface area contributed by atoms with Crippen molar-refractivity contribution in [1.82, 2.24) is 4.90 Å². The zero-order chi connectivity index (χ0) is 34.4. The lowest BCUT2D eigenvalue weighted by Crippen LogP contribution is -2.47. The molecule has 8 heteroatoms. The lowest BCUT2D eigenvalue weighted by molar-refractivity contribution is -0.149. The molecule has 6 nitrogen and oxygen atoms in total. The molecule has 0 N–H and O–H groups in total. The first-order chi connectivity index (χ1) is 23.9. The molecule has 1 atom stereocenters. The highest BCUT2D eigenvalue weighted by Gasteiger charge is 2.30. The van der Waals surface area contributed by atoms with Crippen LogP contribution in [0.4, 0.5) is 15.8 Å². The van der Waals surface area contributed by atoms with E-state index in [0.717, 1.165) is 79.0 Å². The predicted octanol–water partition coefficient (Wildman–Crippen LogP) is 10.1. The Hall–Kier alpha value is -2.97. The van der Waals surface area contributed by atoms with E-state index in [9.17, 15) is 14.0 Å². The molecule has 5 rings (SSSR count). The van der Waals surface area contributed by atoms with Gasteiger partial charge in [-0.1, -0.05) is 96.1 Å². The molecule has 0 bridgehead atoms. The van der Waals surface area contributed by atoms with Crippen LogP contribution in [0.1, 0.15) is 121 Å². The molecule has 0 radical (unpaired) electrons. The van der Waals surface area contributed by atoms with E-state index in [2.05, 4.69) is 41.0 Å². The molecule has 1 saturated heterocycles. The molecule has 2 aliphatic heterocycles. The molecule has 0 spiro atoms. The van der Waals surface area contributed by atoms with Crippen molar-refractivity contribution < 1.29 is 18.7 Å². The third-order valence-corrected chi connectivity index (χ3v) is 11.2. The fourth-order valence-corrected chi connectivity index (χ4v) is 8.30. The largest absolute Gasteiger partial charge is 0.441 e. The molecule has 2 aliphatic rings. The summed E-state index contributed by atoms with van der Waals surface area (Å²) >= 11 is 1.58. The monoisotopic (exact) mass is 691 g/mol. The van der Waals surface area contributed by atoms with Crippen molar-refractivity contribution in [3.05, 3.63) is 58.7 Å². The fraction of sp³-hybridized carbons (Fsp3) is 0.610. The summed E-state index contributed by atoms with van der Waals surface area (Å²) in [6, 6.07) is 11.8. The standard InChI is InChI=1S/C41H58FN3O3S/c1-3-4-5-6-7-8-9-10-11-12-13-14-15-16-41(47)48-32(2)45-37-29-33(17-18-34(37)19-20-40(45)46)21-23-43-24-26-44(27-25-43)38-30-35(42)31-39-36(38)22-28-49-39/h17-18,22,28-32H,3-16,19-21,23-27H2,1-2H3. The number of carbonyl (C=O) groups is 2. The number of nitrogens with zero attached hydrogens (tertiary/aromatic N) is 3. The maximum atomic E-state index is 14.3. The van der Waals surface area contributed by atoms with Gasteiger partial charge in [0.15, 0.2) is 6.23 Å². The van der Waals surface area contributed by atoms with Gasteiger partial charge in [-0.2, -0.15) is 0 Å². The number of unbranched alkanes of at least 4 members (excludes halogenated alkanes) is 12. The Labute approximate surface area is 298 Å². The van der Waals surface area contributed by atoms with Crippen molar-refractivity contribution in [2.75, 3.05) is 42.5 Å². The molecule has 0 aliphatic carbocycles. The molecule has 3 heterocycles. The van der Waals surface area contributed by atoms with Crippen LogP contribution in [0.5, 0.6) is 0 Å². The zero-order valence-electron chi connectivity index (χ0n) is 30.0. The number of esters is 1. The van der Waals surface area contributed by atoms with Gasteiger partial charge in [-0.25, -0.2) is 4.39 Å². The number of carbonyl (C=O) groups excluding carboxylic acids is 2. The van der Waals surface area contributed by atoms with Crippen LogP contribution in [-0.2, 0) is 27.2 Å². The lowest BCUT2D eigenvalue weighted by Gasteiger charge is -2.36. The van der Waals surface area contributed by atoms with Crippen LogP contribution in [0.25, 0.3) is 10.1 Å². The van der Waals surface area contributed by atoms with Gasteiger partial charge in [-0.15, -0.1) is 11.3 Å². The minimum atomic E-state index is -0.623. The summed E-state index contributed by atoms with van der Waals surface area (Å²) in [6.45, 7) is 8.58. The molecule has 268 valence electrons. The SMILES string of the molecule is CCCCCCCCCCCCCCCC(=O)OC(C)N1C(=O)CCc2ccc(CCN3CCN(c4cc(F)cc5sccc45)CC3)cc21. The van der Waals surface area contributed by atoms with Gasteiger partial charge in [0.25, 0.3) is 0 Å². The maximum Gasteiger partial charge on any atom is 0.307 e. The van der Waals surface area contributed by atoms with Crippen molar-refractivity contribution >= 4 is 44.7 Å². The van der Waals surface area contributed by atoms with E-state index in [1.165, 1.54) is 76.2 Å². The summed E-state index contributed by atoms with van der Waals surface area (Å²) in [5.74, 6) is -0.380. The van der Waals surface area contributed by atoms with Crippen LogP contribution in [-0.4, -0.2) is 55.7 Å². The highest BCUT2D eigenvalue weighted by Crippen LogP contribution is 2.33. The molecule has 49 heavy (non-hydrogen) atoms. The average molecular weight is 692 g/mol. The topological polar surface area (TPSA) is 53.1 Å². The first kappa shape index (κ1) is 37.3. The number of hydrogen-bond acceptors (Lipinski definition) is 6. The second kappa shape index (κ2) is 19.4. The molecule has 1 amide bonds. The minimum absolute atomic E-state index is 0.0131. The summed E-state index contributed by atoms with van der Waals surface area (Å²) < 4.78 is 21.1. The van der Waals surface area contributed by atoms with E-state index >= 15 is 0 Å². The van der Waals surface area contributed by atoms with E-state index in [1.807, 2.05) is 12.3 Å². The normalized spacial score (nSPS) is 15.9. The lowest BCUT2D eigenvalue weighted by atomic mass is 9.97. The summed E-state index contributed by atoms with van der Waals surface area (Å²) in [6.07, 6.45) is 18.3. The van der Waals surface area contributed by atoms with Gasteiger partial charge in [0.1, 0.15) is 5.82 Å². The number of ether oxygens (including phenoxy) is 1. The fourth-order valence-electron chi connectivity index (χ4n) is 7.47. The molecule has 0 saturated carbocycles. The van der Waals surface area contributed by atoms with E-state index in [0.29, 0.717) is 19.3 Å². The number of fused-ring (bicyclic) bond motifs is 2. The molecular formula is C41H58FN3O3S. The van der Waals surface area contributed by atoms with Crippen LogP contribution in [0.15, 0.2) is 41.8 Å². The molecular weight excluding hydrogens is 634 g/mol. The van der Waals surface area contributed by atoms with Crippen molar-refractivity contribution in [1.29, 1.82) is 0 Å². The van der Waals surface area contributed by atoms with Crippen molar-refractivity contribution in [2.45, 2.75) is 129 Å². The van der Waals surface area contributed by atoms with Crippen molar-refractivity contribution in [3.63, 3.8) is 0 Å². The third kappa shape index (κ3) is 11.0. The van der Waals surface area contributed by atoms with Gasteiger partial charge < -0.3 is 9.64 Å². The average Bonchev–Trinajstić information content (AvgIpc) is 3.57. The third-order valence-electron chi connectivity index (χ3n) is 10.4. The Bertz CT molecular complexity index is 1480. The molecule has 2 aromatic carbocycles. The van der Waals surface area contributed by atoms with Crippen LogP contribution in [0.3, 0.4) is 0 Å². The highest BCUT2D eigenvalue weighted by molar-refractivity contribution is 7.17. The number of rotatable bonds is 20. The summed E-state index contributed by atoms with van der Waals surface area (Å²) in [5.41, 5.74) is 4.18. The van der Waals surface area contributed by atoms with Gasteiger partial charge in [0, 0.05) is 61.3 Å². The van der Waals surface area contributed by atoms with Crippen LogP contribution < -0.4 is 9.80 Å². The Kier molecular flexibility index (Phi) is 14.8. The van der Waals surface area contributed by atoms with Crippen LogP contribution in [0.2, 0.25) is 0 Å². The van der Waals surface area contributed by atoms with E-state index in [1.54, 1.807) is 28.4 Å². The Morgan fingerprint density at radius 3 is 2.20 bits per heavy atom. The molecule has 1 unspecified atom stereocenters. The van der Waals surface area contributed by atoms with Gasteiger partial charge in [0.05, 0.1) is 5.69 Å². The number of piperazine rings is 1. The second-order valence-corrected chi connectivity index (χ2v) is 15.1. The first-order valence-corrected chi connectivity index (χ1v) is 20.1. The second-order valence-electron chi connectivity index (χ2n) is 14.1. The Morgan fingerprint density at radius 1 is 0.837 bits per heavy atom. The molecule has 3 aromatic rings. The molecule has 1 aromatic heterocycles. The first-order valence-electron chi connectivity index (χ1n) is 19.2. The van der Waals surface area contributed by atoms with E-state index < -0.39 is 6.23 Å². The van der Waals surface area contributed by atoms with Crippen LogP contribution in [0, 0.1) is 5.82 Å². The number of thiophene rings is 1. The number of anilines is 2. The number of hydrogen-bond donors (Lipinski definition) is 0. The summed E-state index contributed by atoms with van der Waals surface area (Å²) in [4.78, 5) is 32.3. The van der Waals surface area contributed by atoms with E-state index in [4.69, 9.17) is 4.74 Å².